The van der Waals surface area contributed by atoms with Gasteiger partial charge in [0.05, 0.1) is 11.4 Å². The minimum absolute atomic E-state index is 0.0275. The number of carbonyl (C=O) groups is 1. The van der Waals surface area contributed by atoms with Crippen molar-refractivity contribution in [1.29, 1.82) is 0 Å². The summed E-state index contributed by atoms with van der Waals surface area (Å²) < 4.78 is 25.1. The molecule has 0 aliphatic rings. The Morgan fingerprint density at radius 3 is 2.00 bits per heavy atom. The van der Waals surface area contributed by atoms with Crippen LogP contribution in [0.5, 0.6) is 0 Å². The fraction of sp³-hybridized carbons (Fsp3) is 0.316. The molecule has 6 heteroatoms. The molecule has 0 radical (unpaired) electrons. The van der Waals surface area contributed by atoms with E-state index >= 15 is 0 Å². The minimum Gasteiger partial charge on any atom is -0.311 e. The predicted molar refractivity (Wildman–Crippen MR) is 103 cm³/mol. The molecule has 0 N–H and O–H groups in total. The molecule has 0 aliphatic heterocycles. The molecular formula is C19H24N2O3S. The third kappa shape index (κ3) is 4.02. The summed E-state index contributed by atoms with van der Waals surface area (Å²) in [4.78, 5) is 14.3. The van der Waals surface area contributed by atoms with Crippen LogP contribution in [0.1, 0.15) is 28.4 Å². The standard InChI is InChI=1S/C19H24N2O3S/c1-6-25(23,24)21(5)17-11-8-16(9-12-17)19(22)20(4)18-10-7-14(2)15(3)13-18/h7-13H,6H2,1-5H3. The molecule has 134 valence electrons. The third-order valence-electron chi connectivity index (χ3n) is 4.44. The van der Waals surface area contributed by atoms with E-state index in [0.29, 0.717) is 11.3 Å². The van der Waals surface area contributed by atoms with Crippen LogP contribution in [0.4, 0.5) is 11.4 Å². The number of nitrogens with zero attached hydrogens (tertiary/aromatic N) is 2. The van der Waals surface area contributed by atoms with E-state index in [1.54, 1.807) is 43.1 Å². The zero-order valence-corrected chi connectivity index (χ0v) is 16.1. The largest absolute Gasteiger partial charge is 0.311 e. The highest BCUT2D eigenvalue weighted by Crippen LogP contribution is 2.22. The van der Waals surface area contributed by atoms with Gasteiger partial charge in [-0.15, -0.1) is 0 Å². The van der Waals surface area contributed by atoms with Gasteiger partial charge in [-0.05, 0) is 68.3 Å². The van der Waals surface area contributed by atoms with Gasteiger partial charge in [-0.25, -0.2) is 8.42 Å². The third-order valence-corrected chi connectivity index (χ3v) is 6.22. The number of anilines is 2. The molecule has 0 unspecified atom stereocenters. The number of aryl methyl sites for hydroxylation is 2. The van der Waals surface area contributed by atoms with Crippen LogP contribution >= 0.6 is 0 Å². The normalized spacial score (nSPS) is 11.2. The Kier molecular flexibility index (Phi) is 5.52. The maximum Gasteiger partial charge on any atom is 0.258 e. The van der Waals surface area contributed by atoms with Crippen molar-refractivity contribution in [2.75, 3.05) is 29.1 Å². The fourth-order valence-corrected chi connectivity index (χ4v) is 3.24. The number of hydrogen-bond donors (Lipinski definition) is 0. The van der Waals surface area contributed by atoms with E-state index in [4.69, 9.17) is 0 Å². The summed E-state index contributed by atoms with van der Waals surface area (Å²) in [6.07, 6.45) is 0. The molecule has 5 nitrogen and oxygen atoms in total. The quantitative estimate of drug-likeness (QED) is 0.821. The first-order chi connectivity index (χ1) is 11.7. The molecular weight excluding hydrogens is 336 g/mol. The van der Waals surface area contributed by atoms with E-state index in [9.17, 15) is 13.2 Å². The van der Waals surface area contributed by atoms with Gasteiger partial charge in [0.1, 0.15) is 0 Å². The lowest BCUT2D eigenvalue weighted by atomic mass is 10.1. The molecule has 0 fully saturated rings. The van der Waals surface area contributed by atoms with Crippen molar-refractivity contribution in [3.05, 3.63) is 59.2 Å². The molecule has 2 rings (SSSR count). The number of amides is 1. The van der Waals surface area contributed by atoms with Crippen molar-refractivity contribution in [3.8, 4) is 0 Å². The van der Waals surface area contributed by atoms with Gasteiger partial charge < -0.3 is 4.90 Å². The Bertz CT molecular complexity index is 874. The topological polar surface area (TPSA) is 57.7 Å². The van der Waals surface area contributed by atoms with Crippen LogP contribution in [0, 0.1) is 13.8 Å². The van der Waals surface area contributed by atoms with Crippen molar-refractivity contribution in [2.45, 2.75) is 20.8 Å². The molecule has 0 aromatic heterocycles. The zero-order valence-electron chi connectivity index (χ0n) is 15.3. The average molecular weight is 360 g/mol. The lowest BCUT2D eigenvalue weighted by molar-refractivity contribution is 0.0993. The second-order valence-electron chi connectivity index (χ2n) is 6.05. The fourth-order valence-electron chi connectivity index (χ4n) is 2.41. The second-order valence-corrected chi connectivity index (χ2v) is 8.34. The summed E-state index contributed by atoms with van der Waals surface area (Å²) in [6, 6.07) is 12.5. The Hall–Kier alpha value is -2.34. The van der Waals surface area contributed by atoms with Gasteiger partial charge >= 0.3 is 0 Å². The van der Waals surface area contributed by atoms with Gasteiger partial charge in [-0.3, -0.25) is 9.10 Å². The molecule has 25 heavy (non-hydrogen) atoms. The number of hydrogen-bond acceptors (Lipinski definition) is 3. The molecule has 0 heterocycles. The Morgan fingerprint density at radius 1 is 0.920 bits per heavy atom. The zero-order chi connectivity index (χ0) is 18.8. The molecule has 0 saturated carbocycles. The smallest absolute Gasteiger partial charge is 0.258 e. The first kappa shape index (κ1) is 19.0. The first-order valence-electron chi connectivity index (χ1n) is 8.09. The molecule has 0 aliphatic carbocycles. The Balaban J connectivity index is 2.24. The van der Waals surface area contributed by atoms with Crippen molar-refractivity contribution in [1.82, 2.24) is 0 Å². The molecule has 1 amide bonds. The summed E-state index contributed by atoms with van der Waals surface area (Å²) in [7, 11) is -0.0736. The lowest BCUT2D eigenvalue weighted by Gasteiger charge is -2.20. The van der Waals surface area contributed by atoms with Crippen LogP contribution in [0.3, 0.4) is 0 Å². The van der Waals surface area contributed by atoms with Crippen LogP contribution in [0.15, 0.2) is 42.5 Å². The highest BCUT2D eigenvalue weighted by atomic mass is 32.2. The maximum absolute atomic E-state index is 12.7. The molecule has 2 aromatic rings. The summed E-state index contributed by atoms with van der Waals surface area (Å²) in [5.74, 6) is -0.115. The average Bonchev–Trinajstić information content (AvgIpc) is 2.62. The van der Waals surface area contributed by atoms with E-state index in [2.05, 4.69) is 0 Å². The van der Waals surface area contributed by atoms with Crippen LogP contribution in [-0.2, 0) is 10.0 Å². The number of benzene rings is 2. The van der Waals surface area contributed by atoms with E-state index in [1.165, 1.54) is 16.9 Å². The van der Waals surface area contributed by atoms with Crippen LogP contribution in [0.2, 0.25) is 0 Å². The molecule has 2 aromatic carbocycles. The summed E-state index contributed by atoms with van der Waals surface area (Å²) in [5.41, 5.74) is 4.16. The lowest BCUT2D eigenvalue weighted by Crippen LogP contribution is -2.28. The summed E-state index contributed by atoms with van der Waals surface area (Å²) >= 11 is 0. The van der Waals surface area contributed by atoms with Crippen LogP contribution < -0.4 is 9.21 Å². The first-order valence-corrected chi connectivity index (χ1v) is 9.70. The van der Waals surface area contributed by atoms with Crippen molar-refractivity contribution in [2.24, 2.45) is 0 Å². The second kappa shape index (κ2) is 7.27. The van der Waals surface area contributed by atoms with Gasteiger partial charge in [0, 0.05) is 25.3 Å². The van der Waals surface area contributed by atoms with Gasteiger partial charge in [-0.2, -0.15) is 0 Å². The molecule has 0 spiro atoms. The van der Waals surface area contributed by atoms with E-state index in [1.807, 2.05) is 32.0 Å². The van der Waals surface area contributed by atoms with E-state index in [-0.39, 0.29) is 11.7 Å². The summed E-state index contributed by atoms with van der Waals surface area (Å²) in [6.45, 7) is 5.64. The number of sulfonamides is 1. The van der Waals surface area contributed by atoms with Gasteiger partial charge in [0.25, 0.3) is 5.91 Å². The molecule has 0 saturated heterocycles. The highest BCUT2D eigenvalue weighted by Gasteiger charge is 2.18. The number of rotatable bonds is 5. The predicted octanol–water partition coefficient (Wildman–Crippen LogP) is 3.37. The van der Waals surface area contributed by atoms with E-state index in [0.717, 1.165) is 11.3 Å². The monoisotopic (exact) mass is 360 g/mol. The molecule has 0 atom stereocenters. The van der Waals surface area contributed by atoms with Crippen LogP contribution in [-0.4, -0.2) is 34.2 Å². The Labute approximate surface area is 149 Å². The van der Waals surface area contributed by atoms with Gasteiger partial charge in [0.15, 0.2) is 0 Å². The summed E-state index contributed by atoms with van der Waals surface area (Å²) in [5, 5.41) is 0. The van der Waals surface area contributed by atoms with Crippen LogP contribution in [0.25, 0.3) is 0 Å². The van der Waals surface area contributed by atoms with Gasteiger partial charge in [0.2, 0.25) is 10.0 Å². The van der Waals surface area contributed by atoms with Gasteiger partial charge in [-0.1, -0.05) is 6.07 Å². The number of carbonyl (C=O) groups excluding carboxylic acids is 1. The SMILES string of the molecule is CCS(=O)(=O)N(C)c1ccc(C(=O)N(C)c2ccc(C)c(C)c2)cc1. The molecule has 0 bridgehead atoms. The highest BCUT2D eigenvalue weighted by molar-refractivity contribution is 7.92. The van der Waals surface area contributed by atoms with Crippen molar-refractivity contribution < 1.29 is 13.2 Å². The maximum atomic E-state index is 12.7. The van der Waals surface area contributed by atoms with Crippen molar-refractivity contribution >= 4 is 27.3 Å². The Morgan fingerprint density at radius 2 is 1.48 bits per heavy atom. The van der Waals surface area contributed by atoms with Crippen molar-refractivity contribution in [3.63, 3.8) is 0 Å². The minimum atomic E-state index is -3.31. The van der Waals surface area contributed by atoms with E-state index < -0.39 is 10.0 Å².